The lowest BCUT2D eigenvalue weighted by Gasteiger charge is -2.45. The summed E-state index contributed by atoms with van der Waals surface area (Å²) in [6.07, 6.45) is 2.09. The number of anilines is 1. The number of para-hydroxylation sites is 1. The number of imide groups is 1. The van der Waals surface area contributed by atoms with E-state index in [1.807, 2.05) is 0 Å². The van der Waals surface area contributed by atoms with Crippen molar-refractivity contribution >= 4 is 17.5 Å². The minimum absolute atomic E-state index is 0.0132. The second-order valence-electron chi connectivity index (χ2n) is 11.9. The van der Waals surface area contributed by atoms with Crippen LogP contribution in [0, 0.1) is 17.8 Å². The normalized spacial score (nSPS) is 30.9. The van der Waals surface area contributed by atoms with Gasteiger partial charge in [0.2, 0.25) is 11.8 Å². The number of carbonyl (C=O) groups excluding carboxylic acids is 2. The second kappa shape index (κ2) is 8.54. The number of carbonyl (C=O) groups is 2. The average molecular weight is 504 g/mol. The van der Waals surface area contributed by atoms with E-state index >= 15 is 0 Å². The van der Waals surface area contributed by atoms with Gasteiger partial charge in [0.25, 0.3) is 0 Å². The molecule has 9 rings (SSSR count). The van der Waals surface area contributed by atoms with Gasteiger partial charge in [-0.05, 0) is 59.7 Å². The molecule has 3 aliphatic carbocycles. The van der Waals surface area contributed by atoms with Gasteiger partial charge in [-0.25, -0.2) is 0 Å². The van der Waals surface area contributed by atoms with E-state index in [9.17, 15) is 9.59 Å². The largest absolute Gasteiger partial charge is 0.367 e. The van der Waals surface area contributed by atoms with E-state index in [2.05, 4.69) is 88.7 Å². The molecule has 0 N–H and O–H groups in total. The van der Waals surface area contributed by atoms with Gasteiger partial charge in [0.05, 0.1) is 11.8 Å². The predicted molar refractivity (Wildman–Crippen MR) is 147 cm³/mol. The van der Waals surface area contributed by atoms with E-state index in [-0.39, 0.29) is 35.5 Å². The molecule has 2 bridgehead atoms. The molecule has 5 heteroatoms. The zero-order valence-corrected chi connectivity index (χ0v) is 21.6. The van der Waals surface area contributed by atoms with Crippen LogP contribution in [0.15, 0.2) is 78.9 Å². The summed E-state index contributed by atoms with van der Waals surface area (Å²) in [6.45, 7) is 4.80. The van der Waals surface area contributed by atoms with Crippen molar-refractivity contribution in [3.05, 3.63) is 101 Å². The summed E-state index contributed by atoms with van der Waals surface area (Å²) in [6, 6.07) is 28.3. The quantitative estimate of drug-likeness (QED) is 0.482. The van der Waals surface area contributed by atoms with Gasteiger partial charge < -0.3 is 9.80 Å². The summed E-state index contributed by atoms with van der Waals surface area (Å²) in [4.78, 5) is 34.4. The van der Waals surface area contributed by atoms with Gasteiger partial charge in [-0.15, -0.1) is 0 Å². The Morgan fingerprint density at radius 1 is 0.658 bits per heavy atom. The molecule has 3 saturated heterocycles. The Hall–Kier alpha value is -3.44. The monoisotopic (exact) mass is 503 g/mol. The molecule has 0 saturated carbocycles. The lowest BCUT2D eigenvalue weighted by atomic mass is 9.55. The number of hydrogen-bond acceptors (Lipinski definition) is 4. The van der Waals surface area contributed by atoms with Gasteiger partial charge in [0.1, 0.15) is 0 Å². The summed E-state index contributed by atoms with van der Waals surface area (Å²) in [5.41, 5.74) is 6.30. The molecule has 3 aliphatic heterocycles. The lowest BCUT2D eigenvalue weighted by molar-refractivity contribution is -0.140. The third-order valence-electron chi connectivity index (χ3n) is 10.1. The molecule has 5 nitrogen and oxygen atoms in total. The average Bonchev–Trinajstić information content (AvgIpc) is 3.62. The van der Waals surface area contributed by atoms with Gasteiger partial charge in [0.15, 0.2) is 0 Å². The number of nitrogens with zero attached hydrogens (tertiary/aromatic N) is 3. The number of hydrogen-bond donors (Lipinski definition) is 0. The van der Waals surface area contributed by atoms with Crippen LogP contribution in [0.4, 0.5) is 5.69 Å². The van der Waals surface area contributed by atoms with Gasteiger partial charge >= 0.3 is 0 Å². The van der Waals surface area contributed by atoms with Gasteiger partial charge in [-0.3, -0.25) is 14.5 Å². The first-order valence-corrected chi connectivity index (χ1v) is 14.3. The van der Waals surface area contributed by atoms with Crippen molar-refractivity contribution in [2.75, 3.05) is 37.6 Å². The Balaban J connectivity index is 0.977. The molecule has 4 atom stereocenters. The van der Waals surface area contributed by atoms with E-state index in [0.717, 1.165) is 32.6 Å². The molecule has 38 heavy (non-hydrogen) atoms. The van der Waals surface area contributed by atoms with Crippen molar-refractivity contribution < 1.29 is 9.59 Å². The van der Waals surface area contributed by atoms with E-state index in [1.165, 1.54) is 34.4 Å². The van der Waals surface area contributed by atoms with Crippen LogP contribution in [-0.4, -0.2) is 60.4 Å². The maximum absolute atomic E-state index is 13.8. The zero-order chi connectivity index (χ0) is 25.4. The SMILES string of the molecule is O=C1C2C3c4ccccc4C(c4ccccc43)C2C(=O)N1CCCN1CC2CCN(c3ccccc3)C2C1. The fourth-order valence-corrected chi connectivity index (χ4v) is 8.58. The maximum atomic E-state index is 13.8. The Bertz CT molecular complexity index is 1310. The van der Waals surface area contributed by atoms with Crippen LogP contribution in [0.3, 0.4) is 0 Å². The Morgan fingerprint density at radius 3 is 1.79 bits per heavy atom. The molecular weight excluding hydrogens is 470 g/mol. The molecule has 0 spiro atoms. The van der Waals surface area contributed by atoms with Gasteiger partial charge in [-0.2, -0.15) is 0 Å². The molecule has 3 fully saturated rings. The summed E-state index contributed by atoms with van der Waals surface area (Å²) in [5.74, 6) is 0.258. The molecule has 0 radical (unpaired) electrons. The number of amides is 2. The van der Waals surface area contributed by atoms with E-state index in [0.29, 0.717) is 18.5 Å². The summed E-state index contributed by atoms with van der Waals surface area (Å²) < 4.78 is 0. The van der Waals surface area contributed by atoms with Gasteiger partial charge in [0, 0.05) is 49.7 Å². The first-order chi connectivity index (χ1) is 18.7. The van der Waals surface area contributed by atoms with Crippen LogP contribution in [0.5, 0.6) is 0 Å². The van der Waals surface area contributed by atoms with Crippen molar-refractivity contribution in [1.82, 2.24) is 9.80 Å². The molecular formula is C33H33N3O2. The zero-order valence-electron chi connectivity index (χ0n) is 21.6. The third kappa shape index (κ3) is 3.14. The lowest BCUT2D eigenvalue weighted by Crippen LogP contribution is -2.41. The van der Waals surface area contributed by atoms with Gasteiger partial charge in [-0.1, -0.05) is 66.7 Å². The van der Waals surface area contributed by atoms with E-state index in [4.69, 9.17) is 0 Å². The number of likely N-dealkylation sites (tertiary alicyclic amines) is 2. The highest BCUT2D eigenvalue weighted by Gasteiger charge is 2.61. The molecule has 192 valence electrons. The van der Waals surface area contributed by atoms with Crippen LogP contribution in [0.2, 0.25) is 0 Å². The third-order valence-corrected chi connectivity index (χ3v) is 10.1. The van der Waals surface area contributed by atoms with Crippen molar-refractivity contribution in [3.63, 3.8) is 0 Å². The molecule has 3 heterocycles. The standard InChI is InChI=1S/C33H33N3O2/c37-32-30-28-23-11-4-5-12-24(23)29(26-14-7-6-13-25(26)28)31(30)33(38)36(32)17-8-16-34-19-21-15-18-35(27(21)20-34)22-9-2-1-3-10-22/h1-7,9-14,21,27-31H,8,15-20H2. The number of fused-ring (bicyclic) bond motifs is 1. The molecule has 0 aromatic heterocycles. The van der Waals surface area contributed by atoms with Crippen LogP contribution >= 0.6 is 0 Å². The van der Waals surface area contributed by atoms with E-state index in [1.54, 1.807) is 4.90 Å². The van der Waals surface area contributed by atoms with Crippen molar-refractivity contribution in [2.45, 2.75) is 30.7 Å². The minimum atomic E-state index is -0.261. The van der Waals surface area contributed by atoms with Crippen molar-refractivity contribution in [3.8, 4) is 0 Å². The predicted octanol–water partition coefficient (Wildman–Crippen LogP) is 4.48. The summed E-state index contributed by atoms with van der Waals surface area (Å²) >= 11 is 0. The summed E-state index contributed by atoms with van der Waals surface area (Å²) in [5, 5.41) is 0. The number of rotatable bonds is 5. The van der Waals surface area contributed by atoms with Crippen LogP contribution in [0.25, 0.3) is 0 Å². The first-order valence-electron chi connectivity index (χ1n) is 14.3. The van der Waals surface area contributed by atoms with Crippen molar-refractivity contribution in [1.29, 1.82) is 0 Å². The minimum Gasteiger partial charge on any atom is -0.367 e. The second-order valence-corrected chi connectivity index (χ2v) is 11.9. The fourth-order valence-electron chi connectivity index (χ4n) is 8.58. The summed E-state index contributed by atoms with van der Waals surface area (Å²) in [7, 11) is 0. The smallest absolute Gasteiger partial charge is 0.234 e. The van der Waals surface area contributed by atoms with Crippen molar-refractivity contribution in [2.24, 2.45) is 17.8 Å². The van der Waals surface area contributed by atoms with Crippen LogP contribution < -0.4 is 4.90 Å². The fraction of sp³-hybridized carbons (Fsp3) is 0.394. The highest BCUT2D eigenvalue weighted by Crippen LogP contribution is 2.60. The highest BCUT2D eigenvalue weighted by atomic mass is 16.2. The molecule has 4 unspecified atom stereocenters. The maximum Gasteiger partial charge on any atom is 0.234 e. The van der Waals surface area contributed by atoms with Crippen LogP contribution in [0.1, 0.15) is 46.9 Å². The Morgan fingerprint density at radius 2 is 1.21 bits per heavy atom. The molecule has 3 aromatic carbocycles. The molecule has 3 aromatic rings. The molecule has 2 amide bonds. The number of benzene rings is 3. The highest BCUT2D eigenvalue weighted by molar-refractivity contribution is 6.07. The molecule has 6 aliphatic rings. The Labute approximate surface area is 224 Å². The first kappa shape index (κ1) is 22.5. The van der Waals surface area contributed by atoms with E-state index < -0.39 is 0 Å². The van der Waals surface area contributed by atoms with Crippen LogP contribution in [-0.2, 0) is 9.59 Å². The topological polar surface area (TPSA) is 43.9 Å². The Kier molecular flexibility index (Phi) is 5.06.